The molecule has 0 fully saturated rings. The molecule has 2 aromatic rings. The minimum atomic E-state index is -4.78. The van der Waals surface area contributed by atoms with Crippen LogP contribution in [0.4, 0.5) is 18.9 Å². The summed E-state index contributed by atoms with van der Waals surface area (Å²) in [5, 5.41) is 2.88. The summed E-state index contributed by atoms with van der Waals surface area (Å²) in [6.07, 6.45) is -3.42. The van der Waals surface area contributed by atoms with Gasteiger partial charge in [-0.2, -0.15) is 13.2 Å². The Balaban J connectivity index is 2.51. The van der Waals surface area contributed by atoms with E-state index >= 15 is 0 Å². The summed E-state index contributed by atoms with van der Waals surface area (Å²) in [6.45, 7) is 2.49. The second-order valence-corrected chi connectivity index (χ2v) is 11.3. The van der Waals surface area contributed by atoms with Crippen molar-refractivity contribution in [2.75, 3.05) is 23.7 Å². The van der Waals surface area contributed by atoms with E-state index in [1.165, 1.54) is 19.1 Å². The van der Waals surface area contributed by atoms with E-state index in [4.69, 9.17) is 34.8 Å². The highest BCUT2D eigenvalue weighted by Gasteiger charge is 2.34. The second-order valence-electron chi connectivity index (χ2n) is 8.16. The first-order valence-corrected chi connectivity index (χ1v) is 13.9. The molecule has 0 aliphatic heterocycles. The van der Waals surface area contributed by atoms with Crippen molar-refractivity contribution in [3.8, 4) is 0 Å². The first-order valence-electron chi connectivity index (χ1n) is 10.9. The van der Waals surface area contributed by atoms with Crippen LogP contribution in [-0.4, -0.2) is 50.5 Å². The van der Waals surface area contributed by atoms with Crippen LogP contribution in [0.2, 0.25) is 15.1 Å². The Morgan fingerprint density at radius 2 is 1.70 bits per heavy atom. The highest BCUT2D eigenvalue weighted by Crippen LogP contribution is 2.36. The fourth-order valence-corrected chi connectivity index (χ4v) is 4.88. The summed E-state index contributed by atoms with van der Waals surface area (Å²) in [6, 6.07) is 5.57. The fraction of sp³-hybridized carbons (Fsp3) is 0.391. The zero-order chi connectivity index (χ0) is 28.1. The molecule has 2 amide bonds. The summed E-state index contributed by atoms with van der Waals surface area (Å²) >= 11 is 18.2. The monoisotopic (exact) mass is 601 g/mol. The molecule has 37 heavy (non-hydrogen) atoms. The third kappa shape index (κ3) is 8.39. The molecular weight excluding hydrogens is 578 g/mol. The molecule has 2 aromatic carbocycles. The molecule has 0 aromatic heterocycles. The summed E-state index contributed by atoms with van der Waals surface area (Å²) in [5.74, 6) is -1.38. The maximum absolute atomic E-state index is 13.5. The van der Waals surface area contributed by atoms with Crippen molar-refractivity contribution in [3.05, 3.63) is 62.6 Å². The van der Waals surface area contributed by atoms with Gasteiger partial charge in [0.15, 0.2) is 0 Å². The summed E-state index contributed by atoms with van der Waals surface area (Å²) in [7, 11) is -4.29. The molecule has 0 saturated heterocycles. The number of amides is 2. The van der Waals surface area contributed by atoms with Crippen molar-refractivity contribution < 1.29 is 31.2 Å². The van der Waals surface area contributed by atoms with Crippen molar-refractivity contribution >= 4 is 62.3 Å². The Hall–Kier alpha value is -2.21. The number of sulfonamides is 1. The van der Waals surface area contributed by atoms with E-state index in [9.17, 15) is 31.2 Å². The Labute approximate surface area is 228 Å². The largest absolute Gasteiger partial charge is 0.416 e. The molecule has 1 N–H and O–H groups in total. The van der Waals surface area contributed by atoms with Gasteiger partial charge in [-0.15, -0.1) is 0 Å². The number of nitrogens with one attached hydrogen (secondary N) is 1. The number of carbonyl (C=O) groups excluding carboxylic acids is 2. The van der Waals surface area contributed by atoms with Crippen LogP contribution in [0.25, 0.3) is 0 Å². The Bertz CT molecular complexity index is 1260. The van der Waals surface area contributed by atoms with Crippen molar-refractivity contribution in [3.63, 3.8) is 0 Å². The molecule has 7 nitrogen and oxygen atoms in total. The highest BCUT2D eigenvalue weighted by atomic mass is 35.5. The molecule has 0 unspecified atom stereocenters. The maximum Gasteiger partial charge on any atom is 0.416 e. The van der Waals surface area contributed by atoms with Gasteiger partial charge in [0.2, 0.25) is 21.8 Å². The molecule has 0 bridgehead atoms. The van der Waals surface area contributed by atoms with Crippen molar-refractivity contribution in [1.29, 1.82) is 0 Å². The minimum absolute atomic E-state index is 0.201. The summed E-state index contributed by atoms with van der Waals surface area (Å²) in [4.78, 5) is 27.3. The molecule has 0 heterocycles. The van der Waals surface area contributed by atoms with Crippen LogP contribution in [0.15, 0.2) is 36.4 Å². The van der Waals surface area contributed by atoms with Gasteiger partial charge in [-0.05, 0) is 49.2 Å². The molecule has 2 rings (SSSR count). The summed E-state index contributed by atoms with van der Waals surface area (Å²) < 4.78 is 65.6. The first kappa shape index (κ1) is 31.0. The van der Waals surface area contributed by atoms with Gasteiger partial charge < -0.3 is 10.2 Å². The lowest BCUT2D eigenvalue weighted by Crippen LogP contribution is -2.51. The van der Waals surface area contributed by atoms with E-state index in [-0.39, 0.29) is 16.6 Å². The number of rotatable bonds is 10. The van der Waals surface area contributed by atoms with Crippen LogP contribution in [0.1, 0.15) is 31.4 Å². The van der Waals surface area contributed by atoms with Crippen LogP contribution in [0, 0.1) is 0 Å². The number of nitrogens with zero attached hydrogens (tertiary/aromatic N) is 2. The van der Waals surface area contributed by atoms with Crippen LogP contribution in [-0.2, 0) is 32.3 Å². The lowest BCUT2D eigenvalue weighted by atomic mass is 10.1. The van der Waals surface area contributed by atoms with E-state index in [2.05, 4.69) is 5.32 Å². The average Bonchev–Trinajstić information content (AvgIpc) is 2.79. The summed E-state index contributed by atoms with van der Waals surface area (Å²) in [5.41, 5.74) is -1.26. The SMILES string of the molecule is CCCNC(=O)[C@H](C)N(Cc1ccc(Cl)cc1Cl)C(=O)CN(c1cc(C(F)(F)F)ccc1Cl)S(C)(=O)=O. The predicted molar refractivity (Wildman–Crippen MR) is 138 cm³/mol. The molecular formula is C23H25Cl3F3N3O4S. The number of halogens is 6. The quantitative estimate of drug-likeness (QED) is 0.396. The van der Waals surface area contributed by atoms with Crippen LogP contribution < -0.4 is 9.62 Å². The Morgan fingerprint density at radius 1 is 1.05 bits per heavy atom. The van der Waals surface area contributed by atoms with E-state index in [0.29, 0.717) is 40.0 Å². The van der Waals surface area contributed by atoms with Gasteiger partial charge in [0, 0.05) is 23.1 Å². The molecule has 0 aliphatic rings. The molecule has 1 atom stereocenters. The van der Waals surface area contributed by atoms with Gasteiger partial charge in [-0.25, -0.2) is 8.42 Å². The van der Waals surface area contributed by atoms with Gasteiger partial charge in [-0.1, -0.05) is 47.8 Å². The number of carbonyl (C=O) groups is 2. The van der Waals surface area contributed by atoms with Crippen molar-refractivity contribution in [2.45, 2.75) is 39.0 Å². The molecule has 0 saturated carbocycles. The fourth-order valence-electron chi connectivity index (χ4n) is 3.29. The lowest BCUT2D eigenvalue weighted by Gasteiger charge is -2.32. The minimum Gasteiger partial charge on any atom is -0.354 e. The van der Waals surface area contributed by atoms with Gasteiger partial charge >= 0.3 is 6.18 Å². The maximum atomic E-state index is 13.5. The van der Waals surface area contributed by atoms with Gasteiger partial charge in [0.05, 0.1) is 22.5 Å². The normalized spacial score (nSPS) is 12.7. The number of hydrogen-bond donors (Lipinski definition) is 1. The zero-order valence-corrected chi connectivity index (χ0v) is 23.2. The number of hydrogen-bond acceptors (Lipinski definition) is 4. The second kappa shape index (κ2) is 12.6. The Morgan fingerprint density at radius 3 is 2.24 bits per heavy atom. The van der Waals surface area contributed by atoms with E-state index < -0.39 is 51.9 Å². The van der Waals surface area contributed by atoms with Gasteiger partial charge in [0.1, 0.15) is 12.6 Å². The third-order valence-electron chi connectivity index (χ3n) is 5.29. The third-order valence-corrected chi connectivity index (χ3v) is 7.33. The molecule has 0 radical (unpaired) electrons. The molecule has 0 spiro atoms. The smallest absolute Gasteiger partial charge is 0.354 e. The van der Waals surface area contributed by atoms with E-state index in [1.807, 2.05) is 6.92 Å². The lowest BCUT2D eigenvalue weighted by molar-refractivity contribution is -0.139. The number of alkyl halides is 3. The number of benzene rings is 2. The highest BCUT2D eigenvalue weighted by molar-refractivity contribution is 7.92. The molecule has 0 aliphatic carbocycles. The predicted octanol–water partition coefficient (Wildman–Crippen LogP) is 5.38. The first-order chi connectivity index (χ1) is 17.1. The zero-order valence-electron chi connectivity index (χ0n) is 20.1. The van der Waals surface area contributed by atoms with Crippen molar-refractivity contribution in [1.82, 2.24) is 10.2 Å². The standard InChI is InChI=1S/C23H25Cl3F3N3O4S/c1-4-9-30-22(34)14(2)31(12-15-5-7-17(24)11-19(15)26)21(33)13-32(37(3,35)36)20-10-16(23(27,28)29)6-8-18(20)25/h5-8,10-11,14H,4,9,12-13H2,1-3H3,(H,30,34)/t14-/m0/s1. The van der Waals surface area contributed by atoms with E-state index in [0.717, 1.165) is 17.2 Å². The topological polar surface area (TPSA) is 86.8 Å². The molecule has 14 heteroatoms. The van der Waals surface area contributed by atoms with Crippen LogP contribution >= 0.6 is 34.8 Å². The Kier molecular flexibility index (Phi) is 10.5. The van der Waals surface area contributed by atoms with Crippen LogP contribution in [0.5, 0.6) is 0 Å². The van der Waals surface area contributed by atoms with E-state index in [1.54, 1.807) is 6.07 Å². The average molecular weight is 603 g/mol. The number of anilines is 1. The van der Waals surface area contributed by atoms with Crippen molar-refractivity contribution in [2.24, 2.45) is 0 Å². The van der Waals surface area contributed by atoms with Gasteiger partial charge in [0.25, 0.3) is 0 Å². The van der Waals surface area contributed by atoms with Gasteiger partial charge in [-0.3, -0.25) is 13.9 Å². The molecule has 204 valence electrons. The van der Waals surface area contributed by atoms with Crippen LogP contribution in [0.3, 0.4) is 0 Å².